The first-order valence-electron chi connectivity index (χ1n) is 1.55. The second-order valence-electron chi connectivity index (χ2n) is 0.917. The predicted molar refractivity (Wildman–Crippen MR) is 34.8 cm³/mol. The van der Waals surface area contributed by atoms with Gasteiger partial charge in [-0.1, -0.05) is 11.6 Å². The van der Waals surface area contributed by atoms with Crippen LogP contribution in [0.25, 0.3) is 0 Å². The lowest BCUT2D eigenvalue weighted by atomic mass is 11.0. The van der Waals surface area contributed by atoms with Gasteiger partial charge in [-0.15, -0.1) is 11.3 Å². The van der Waals surface area contributed by atoms with Gasteiger partial charge in [-0.05, 0) is 15.9 Å². The van der Waals surface area contributed by atoms with Gasteiger partial charge in [0.25, 0.3) is 0 Å². The van der Waals surface area contributed by atoms with Gasteiger partial charge < -0.3 is 0 Å². The van der Waals surface area contributed by atoms with Gasteiger partial charge in [-0.25, -0.2) is 4.98 Å². The topological polar surface area (TPSA) is 12.9 Å². The number of halogens is 2. The number of thiazole rings is 1. The first-order chi connectivity index (χ1) is 3.30. The molecule has 1 heterocycles. The first kappa shape index (κ1) is 5.54. The Labute approximate surface area is 58.5 Å². The maximum Gasteiger partial charge on any atom is 0.135 e. The van der Waals surface area contributed by atoms with Crippen LogP contribution in [-0.4, -0.2) is 4.98 Å². The molecule has 0 bridgehead atoms. The molecule has 0 saturated heterocycles. The standard InChI is InChI=1S/C3HBrClNS/c4-2-3(5)7-1-6-2/h1H. The van der Waals surface area contributed by atoms with Crippen molar-refractivity contribution < 1.29 is 0 Å². The van der Waals surface area contributed by atoms with Crippen LogP contribution in [0.2, 0.25) is 4.34 Å². The zero-order valence-corrected chi connectivity index (χ0v) is 6.35. The van der Waals surface area contributed by atoms with Gasteiger partial charge in [0.1, 0.15) is 8.94 Å². The highest BCUT2D eigenvalue weighted by molar-refractivity contribution is 9.10. The van der Waals surface area contributed by atoms with Crippen molar-refractivity contribution in [3.05, 3.63) is 14.5 Å². The SMILES string of the molecule is Clc1scnc1Br. The molecule has 0 amide bonds. The van der Waals surface area contributed by atoms with Gasteiger partial charge in [0.2, 0.25) is 0 Å². The second kappa shape index (κ2) is 2.11. The second-order valence-corrected chi connectivity index (χ2v) is 3.12. The van der Waals surface area contributed by atoms with E-state index in [1.807, 2.05) is 0 Å². The van der Waals surface area contributed by atoms with Crippen molar-refractivity contribution in [2.75, 3.05) is 0 Å². The van der Waals surface area contributed by atoms with E-state index >= 15 is 0 Å². The third kappa shape index (κ3) is 1.15. The van der Waals surface area contributed by atoms with E-state index in [2.05, 4.69) is 20.9 Å². The zero-order valence-electron chi connectivity index (χ0n) is 3.19. The van der Waals surface area contributed by atoms with Gasteiger partial charge in [0, 0.05) is 0 Å². The van der Waals surface area contributed by atoms with Crippen molar-refractivity contribution in [3.63, 3.8) is 0 Å². The van der Waals surface area contributed by atoms with Gasteiger partial charge in [0.05, 0.1) is 5.51 Å². The molecule has 7 heavy (non-hydrogen) atoms. The monoisotopic (exact) mass is 197 g/mol. The number of aromatic nitrogens is 1. The van der Waals surface area contributed by atoms with Crippen LogP contribution >= 0.6 is 38.9 Å². The van der Waals surface area contributed by atoms with Crippen molar-refractivity contribution in [1.29, 1.82) is 0 Å². The van der Waals surface area contributed by atoms with Gasteiger partial charge in [-0.2, -0.15) is 0 Å². The highest BCUT2D eigenvalue weighted by Crippen LogP contribution is 2.23. The third-order valence-electron chi connectivity index (χ3n) is 0.484. The summed E-state index contributed by atoms with van der Waals surface area (Å²) in [5.74, 6) is 0. The Morgan fingerprint density at radius 2 is 2.57 bits per heavy atom. The predicted octanol–water partition coefficient (Wildman–Crippen LogP) is 2.56. The summed E-state index contributed by atoms with van der Waals surface area (Å²) in [6, 6.07) is 0. The Hall–Kier alpha value is 0.400. The van der Waals surface area contributed by atoms with Crippen molar-refractivity contribution in [1.82, 2.24) is 4.98 Å². The molecule has 0 unspecified atom stereocenters. The zero-order chi connectivity index (χ0) is 5.28. The molecule has 1 rings (SSSR count). The maximum atomic E-state index is 5.53. The molecule has 0 radical (unpaired) electrons. The maximum absolute atomic E-state index is 5.53. The van der Waals surface area contributed by atoms with Crippen LogP contribution in [0.15, 0.2) is 10.1 Å². The van der Waals surface area contributed by atoms with E-state index in [9.17, 15) is 0 Å². The van der Waals surface area contributed by atoms with Crippen molar-refractivity contribution >= 4 is 38.9 Å². The van der Waals surface area contributed by atoms with Crippen molar-refractivity contribution in [3.8, 4) is 0 Å². The summed E-state index contributed by atoms with van der Waals surface area (Å²) >= 11 is 10.1. The van der Waals surface area contributed by atoms with E-state index in [-0.39, 0.29) is 0 Å². The lowest BCUT2D eigenvalue weighted by molar-refractivity contribution is 1.37. The summed E-state index contributed by atoms with van der Waals surface area (Å²) in [7, 11) is 0. The molecule has 1 aromatic heterocycles. The molecule has 0 N–H and O–H groups in total. The van der Waals surface area contributed by atoms with Crippen LogP contribution in [0, 0.1) is 0 Å². The largest absolute Gasteiger partial charge is 0.236 e. The summed E-state index contributed by atoms with van der Waals surface area (Å²) in [6.45, 7) is 0. The Kier molecular flexibility index (Phi) is 1.67. The average molecular weight is 198 g/mol. The van der Waals surface area contributed by atoms with Crippen molar-refractivity contribution in [2.45, 2.75) is 0 Å². The van der Waals surface area contributed by atoms with Crippen LogP contribution in [0.4, 0.5) is 0 Å². The summed E-state index contributed by atoms with van der Waals surface area (Å²) in [6.07, 6.45) is 0. The molecular formula is C3HBrClNS. The first-order valence-corrected chi connectivity index (χ1v) is 3.60. The fraction of sp³-hybridized carbons (Fsp3) is 0. The fourth-order valence-corrected chi connectivity index (χ4v) is 1.31. The average Bonchev–Trinajstić information content (AvgIpc) is 1.91. The van der Waals surface area contributed by atoms with E-state index in [1.54, 1.807) is 5.51 Å². The lowest BCUT2D eigenvalue weighted by Crippen LogP contribution is -1.54. The highest BCUT2D eigenvalue weighted by atomic mass is 79.9. The van der Waals surface area contributed by atoms with Crippen LogP contribution in [0.3, 0.4) is 0 Å². The minimum absolute atomic E-state index is 0.708. The molecule has 0 aliphatic carbocycles. The van der Waals surface area contributed by atoms with Crippen LogP contribution in [0.5, 0.6) is 0 Å². The molecule has 0 spiro atoms. The number of hydrogen-bond acceptors (Lipinski definition) is 2. The summed E-state index contributed by atoms with van der Waals surface area (Å²) < 4.78 is 1.44. The van der Waals surface area contributed by atoms with Crippen LogP contribution in [-0.2, 0) is 0 Å². The number of rotatable bonds is 0. The van der Waals surface area contributed by atoms with E-state index in [1.165, 1.54) is 11.3 Å². The number of hydrogen-bond donors (Lipinski definition) is 0. The van der Waals surface area contributed by atoms with E-state index < -0.39 is 0 Å². The molecule has 0 atom stereocenters. The number of nitrogens with zero attached hydrogens (tertiary/aromatic N) is 1. The summed E-state index contributed by atoms with van der Waals surface area (Å²) in [5.41, 5.74) is 1.69. The minimum Gasteiger partial charge on any atom is -0.236 e. The molecule has 38 valence electrons. The fourth-order valence-electron chi connectivity index (χ4n) is 0.218. The third-order valence-corrected chi connectivity index (χ3v) is 2.63. The normalized spacial score (nSPS) is 9.43. The minimum atomic E-state index is 0.708. The molecular weight excluding hydrogens is 197 g/mol. The van der Waals surface area contributed by atoms with Crippen molar-refractivity contribution in [2.24, 2.45) is 0 Å². The quantitative estimate of drug-likeness (QED) is 0.624. The Balaban J connectivity index is 3.12. The highest BCUT2D eigenvalue weighted by Gasteiger charge is 1.94. The molecule has 0 aromatic carbocycles. The Bertz CT molecular complexity index is 147. The van der Waals surface area contributed by atoms with Crippen LogP contribution < -0.4 is 0 Å². The van der Waals surface area contributed by atoms with E-state index in [4.69, 9.17) is 11.6 Å². The molecule has 1 aromatic rings. The molecule has 1 nitrogen and oxygen atoms in total. The van der Waals surface area contributed by atoms with Crippen LogP contribution in [0.1, 0.15) is 0 Å². The molecule has 0 aliphatic heterocycles. The molecule has 0 aliphatic rings. The van der Waals surface area contributed by atoms with Gasteiger partial charge in [-0.3, -0.25) is 0 Å². The van der Waals surface area contributed by atoms with E-state index in [0.717, 1.165) is 4.60 Å². The summed E-state index contributed by atoms with van der Waals surface area (Å²) in [5, 5.41) is 0. The molecule has 4 heteroatoms. The Morgan fingerprint density at radius 3 is 2.71 bits per heavy atom. The van der Waals surface area contributed by atoms with E-state index in [0.29, 0.717) is 4.34 Å². The Morgan fingerprint density at radius 1 is 1.86 bits per heavy atom. The van der Waals surface area contributed by atoms with Gasteiger partial charge >= 0.3 is 0 Å². The molecule has 0 fully saturated rings. The summed E-state index contributed by atoms with van der Waals surface area (Å²) in [4.78, 5) is 3.82. The smallest absolute Gasteiger partial charge is 0.135 e. The molecule has 0 saturated carbocycles. The van der Waals surface area contributed by atoms with Gasteiger partial charge in [0.15, 0.2) is 0 Å². The lowest BCUT2D eigenvalue weighted by Gasteiger charge is -1.72.